The molecule has 0 spiro atoms. The second kappa shape index (κ2) is 12.3. The van der Waals surface area contributed by atoms with E-state index in [2.05, 4.69) is 10.0 Å². The first-order valence-electron chi connectivity index (χ1n) is 12.5. The zero-order chi connectivity index (χ0) is 25.3. The second-order valence-corrected chi connectivity index (χ2v) is 9.39. The largest absolute Gasteiger partial charge is 0.376 e. The summed E-state index contributed by atoms with van der Waals surface area (Å²) >= 11 is 0. The predicted molar refractivity (Wildman–Crippen MR) is 137 cm³/mol. The molecule has 0 amide bonds. The van der Waals surface area contributed by atoms with Crippen molar-refractivity contribution in [1.29, 1.82) is 0 Å². The molecule has 3 aromatic carbocycles. The molecule has 192 valence electrons. The van der Waals surface area contributed by atoms with Crippen LogP contribution in [0.15, 0.2) is 96.1 Å². The molecule has 2 aliphatic heterocycles. The number of hydrogen-bond donors (Lipinski definition) is 0. The summed E-state index contributed by atoms with van der Waals surface area (Å²) in [5, 5.41) is 4.09. The van der Waals surface area contributed by atoms with Gasteiger partial charge in [0.15, 0.2) is 0 Å². The Bertz CT molecular complexity index is 1160. The Morgan fingerprint density at radius 3 is 1.97 bits per heavy atom. The van der Waals surface area contributed by atoms with Gasteiger partial charge in [-0.3, -0.25) is 0 Å². The first-order valence-corrected chi connectivity index (χ1v) is 12.5. The van der Waals surface area contributed by atoms with E-state index in [4.69, 9.17) is 23.7 Å². The van der Waals surface area contributed by atoms with Crippen molar-refractivity contribution in [3.05, 3.63) is 118 Å². The van der Waals surface area contributed by atoms with Crippen LogP contribution in [0.5, 0.6) is 0 Å². The quantitative estimate of drug-likeness (QED) is 0.204. The number of hydrogen-bond acceptors (Lipinski definition) is 6. The van der Waals surface area contributed by atoms with Gasteiger partial charge in [0.25, 0.3) is 0 Å². The van der Waals surface area contributed by atoms with Gasteiger partial charge in [-0.05, 0) is 22.2 Å². The maximum Gasteiger partial charge on any atom is 0.144 e. The third kappa shape index (κ3) is 6.19. The third-order valence-electron chi connectivity index (χ3n) is 6.75. The molecule has 2 aliphatic rings. The number of rotatable bonds is 11. The molecule has 8 nitrogen and oxygen atoms in total. The Kier molecular flexibility index (Phi) is 8.48. The molecule has 5 atom stereocenters. The summed E-state index contributed by atoms with van der Waals surface area (Å²) in [5.41, 5.74) is 11.6. The highest BCUT2D eigenvalue weighted by atomic mass is 16.6. The van der Waals surface area contributed by atoms with E-state index in [-0.39, 0.29) is 13.2 Å². The van der Waals surface area contributed by atoms with E-state index in [1.165, 1.54) is 0 Å². The SMILES string of the molecule is [N-]=[N+]=N[C@@H]1[C@@H](OCc2ccccc2)[C@@H](OCc2ccccc2)[C@]2(COCc3ccccc3)COC[C@H]1O2. The van der Waals surface area contributed by atoms with Crippen LogP contribution in [0.4, 0.5) is 0 Å². The standard InChI is InChI=1S/C29H31N3O5/c30-32-31-26-25-19-34-21-29(37-25,20-33-16-22-10-4-1-5-11-22)28(36-18-24-14-8-3-9-15-24)27(26)35-17-23-12-6-2-7-13-23/h1-15,25-28H,16-21H2/t25-,26+,27-,28-,29+/m1/s1. The molecule has 2 saturated heterocycles. The van der Waals surface area contributed by atoms with Gasteiger partial charge in [-0.25, -0.2) is 0 Å². The van der Waals surface area contributed by atoms with Crippen molar-refractivity contribution in [3.63, 3.8) is 0 Å². The van der Waals surface area contributed by atoms with E-state index in [0.717, 1.165) is 16.7 Å². The van der Waals surface area contributed by atoms with Gasteiger partial charge in [-0.15, -0.1) is 0 Å². The van der Waals surface area contributed by atoms with Gasteiger partial charge in [0.2, 0.25) is 0 Å². The molecule has 3 aromatic rings. The van der Waals surface area contributed by atoms with Crippen LogP contribution in [0.1, 0.15) is 16.7 Å². The zero-order valence-corrected chi connectivity index (χ0v) is 20.6. The highest BCUT2D eigenvalue weighted by molar-refractivity contribution is 5.17. The highest BCUT2D eigenvalue weighted by Gasteiger charge is 2.58. The molecule has 0 aromatic heterocycles. The average molecular weight is 502 g/mol. The van der Waals surface area contributed by atoms with Crippen LogP contribution in [-0.4, -0.2) is 49.8 Å². The van der Waals surface area contributed by atoms with E-state index in [1.54, 1.807) is 0 Å². The van der Waals surface area contributed by atoms with Gasteiger partial charge >= 0.3 is 0 Å². The molecule has 0 saturated carbocycles. The Hall–Kier alpha value is -3.23. The molecule has 2 bridgehead atoms. The maximum absolute atomic E-state index is 9.39. The second-order valence-electron chi connectivity index (χ2n) is 9.39. The number of benzene rings is 3. The lowest BCUT2D eigenvalue weighted by Gasteiger charge is -2.54. The van der Waals surface area contributed by atoms with Crippen LogP contribution < -0.4 is 0 Å². The van der Waals surface area contributed by atoms with Crippen LogP contribution in [0.3, 0.4) is 0 Å². The van der Waals surface area contributed by atoms with Gasteiger partial charge in [0.05, 0.1) is 57.9 Å². The average Bonchev–Trinajstić information content (AvgIpc) is 2.95. The summed E-state index contributed by atoms with van der Waals surface area (Å²) in [4.78, 5) is 3.11. The Morgan fingerprint density at radius 2 is 1.38 bits per heavy atom. The van der Waals surface area contributed by atoms with Gasteiger partial charge in [-0.1, -0.05) is 96.1 Å². The monoisotopic (exact) mass is 501 g/mol. The molecule has 2 heterocycles. The Morgan fingerprint density at radius 1 is 0.811 bits per heavy atom. The summed E-state index contributed by atoms with van der Waals surface area (Å²) in [6, 6.07) is 29.2. The number of ether oxygens (including phenoxy) is 5. The molecule has 2 fully saturated rings. The Balaban J connectivity index is 1.42. The normalized spacial score (nSPS) is 26.8. The first-order chi connectivity index (χ1) is 18.3. The molecule has 5 rings (SSSR count). The van der Waals surface area contributed by atoms with Crippen LogP contribution in [0.2, 0.25) is 0 Å². The minimum atomic E-state index is -0.921. The van der Waals surface area contributed by atoms with Crippen molar-refractivity contribution >= 4 is 0 Å². The summed E-state index contributed by atoms with van der Waals surface area (Å²) in [6.07, 6.45) is -1.62. The molecule has 0 aliphatic carbocycles. The van der Waals surface area contributed by atoms with Crippen LogP contribution >= 0.6 is 0 Å². The van der Waals surface area contributed by atoms with E-state index < -0.39 is 30.0 Å². The van der Waals surface area contributed by atoms with Crippen molar-refractivity contribution in [2.24, 2.45) is 5.11 Å². The number of fused-ring (bicyclic) bond motifs is 2. The minimum absolute atomic E-state index is 0.242. The molecular formula is C29H31N3O5. The lowest BCUT2D eigenvalue weighted by atomic mass is 9.82. The Labute approximate surface area is 216 Å². The summed E-state index contributed by atoms with van der Waals surface area (Å²) in [6.45, 7) is 1.95. The van der Waals surface area contributed by atoms with Gasteiger partial charge < -0.3 is 23.7 Å². The molecule has 37 heavy (non-hydrogen) atoms. The molecule has 0 N–H and O–H groups in total. The third-order valence-corrected chi connectivity index (χ3v) is 6.75. The van der Waals surface area contributed by atoms with Crippen molar-refractivity contribution < 1.29 is 23.7 Å². The summed E-state index contributed by atoms with van der Waals surface area (Å²) < 4.78 is 31.8. The van der Waals surface area contributed by atoms with E-state index in [9.17, 15) is 5.53 Å². The van der Waals surface area contributed by atoms with Crippen molar-refractivity contribution in [3.8, 4) is 0 Å². The molecule has 0 unspecified atom stereocenters. The fourth-order valence-corrected chi connectivity index (χ4v) is 4.96. The van der Waals surface area contributed by atoms with E-state index in [0.29, 0.717) is 26.4 Å². The lowest BCUT2D eigenvalue weighted by molar-refractivity contribution is -0.321. The summed E-state index contributed by atoms with van der Waals surface area (Å²) in [5.74, 6) is 0. The fourth-order valence-electron chi connectivity index (χ4n) is 4.96. The van der Waals surface area contributed by atoms with Crippen LogP contribution in [-0.2, 0) is 43.5 Å². The molecular weight excluding hydrogens is 470 g/mol. The van der Waals surface area contributed by atoms with Gasteiger partial charge in [0, 0.05) is 4.91 Å². The van der Waals surface area contributed by atoms with Crippen LogP contribution in [0.25, 0.3) is 10.4 Å². The number of azide groups is 1. The maximum atomic E-state index is 9.39. The van der Waals surface area contributed by atoms with Gasteiger partial charge in [-0.2, -0.15) is 0 Å². The zero-order valence-electron chi connectivity index (χ0n) is 20.6. The highest BCUT2D eigenvalue weighted by Crippen LogP contribution is 2.40. The molecule has 8 heteroatoms. The first kappa shape index (κ1) is 25.4. The van der Waals surface area contributed by atoms with Gasteiger partial charge in [0.1, 0.15) is 11.7 Å². The van der Waals surface area contributed by atoms with E-state index >= 15 is 0 Å². The van der Waals surface area contributed by atoms with Crippen molar-refractivity contribution in [2.75, 3.05) is 19.8 Å². The smallest absolute Gasteiger partial charge is 0.144 e. The van der Waals surface area contributed by atoms with Crippen molar-refractivity contribution in [1.82, 2.24) is 0 Å². The predicted octanol–water partition coefficient (Wildman–Crippen LogP) is 5.22. The minimum Gasteiger partial charge on any atom is -0.376 e. The summed E-state index contributed by atoms with van der Waals surface area (Å²) in [7, 11) is 0. The van der Waals surface area contributed by atoms with Crippen molar-refractivity contribution in [2.45, 2.75) is 49.8 Å². The van der Waals surface area contributed by atoms with Crippen LogP contribution in [0, 0.1) is 0 Å². The topological polar surface area (TPSA) is 94.9 Å². The number of nitrogens with zero attached hydrogens (tertiary/aromatic N) is 3. The molecule has 0 radical (unpaired) electrons. The lowest BCUT2D eigenvalue weighted by Crippen LogP contribution is -2.71. The fraction of sp³-hybridized carbons (Fsp3) is 0.379. The van der Waals surface area contributed by atoms with E-state index in [1.807, 2.05) is 91.0 Å².